The van der Waals surface area contributed by atoms with E-state index in [9.17, 15) is 4.79 Å². The topological polar surface area (TPSA) is 56.6 Å². The Bertz CT molecular complexity index is 341. The van der Waals surface area contributed by atoms with Gasteiger partial charge in [0.2, 0.25) is 5.91 Å². The van der Waals surface area contributed by atoms with E-state index in [2.05, 4.69) is 4.90 Å². The summed E-state index contributed by atoms with van der Waals surface area (Å²) in [7, 11) is 1.69. The third kappa shape index (κ3) is 4.19. The van der Waals surface area contributed by atoms with Crippen LogP contribution in [0.3, 0.4) is 0 Å². The quantitative estimate of drug-likeness (QED) is 0.716. The minimum atomic E-state index is -0.174. The number of rotatable bonds is 4. The maximum absolute atomic E-state index is 12.5. The zero-order valence-electron chi connectivity index (χ0n) is 12.6. The number of hydrogen-bond acceptors (Lipinski definition) is 4. The summed E-state index contributed by atoms with van der Waals surface area (Å²) in [6, 6.07) is 1.85. The van der Waals surface area contributed by atoms with Crippen LogP contribution in [0.2, 0.25) is 0 Å². The van der Waals surface area contributed by atoms with Crippen LogP contribution < -0.4 is 0 Å². The number of carbonyl (C=O) groups is 1. The van der Waals surface area contributed by atoms with E-state index in [1.807, 2.05) is 33.8 Å². The van der Waals surface area contributed by atoms with E-state index in [1.54, 1.807) is 7.05 Å². The molecule has 0 saturated carbocycles. The minimum Gasteiger partial charge on any atom is -0.373 e. The molecule has 1 rings (SSSR count). The lowest BCUT2D eigenvalue weighted by molar-refractivity contribution is -0.143. The van der Waals surface area contributed by atoms with Gasteiger partial charge in [-0.25, -0.2) is 0 Å². The van der Waals surface area contributed by atoms with Crippen LogP contribution in [0, 0.1) is 17.2 Å². The van der Waals surface area contributed by atoms with Crippen molar-refractivity contribution < 1.29 is 9.53 Å². The highest BCUT2D eigenvalue weighted by Gasteiger charge is 2.35. The molecule has 5 heteroatoms. The zero-order chi connectivity index (χ0) is 14.6. The molecule has 1 heterocycles. The molecule has 19 heavy (non-hydrogen) atoms. The van der Waals surface area contributed by atoms with E-state index >= 15 is 0 Å². The summed E-state index contributed by atoms with van der Waals surface area (Å²) in [4.78, 5) is 16.2. The van der Waals surface area contributed by atoms with Crippen molar-refractivity contribution >= 4 is 5.91 Å². The number of morpholine rings is 1. The van der Waals surface area contributed by atoms with Gasteiger partial charge in [0, 0.05) is 20.1 Å². The Labute approximate surface area is 116 Å². The van der Waals surface area contributed by atoms with Gasteiger partial charge < -0.3 is 9.64 Å². The smallest absolute Gasteiger partial charge is 0.240 e. The Morgan fingerprint density at radius 3 is 2.37 bits per heavy atom. The number of ether oxygens (including phenoxy) is 1. The molecular weight excluding hydrogens is 242 g/mol. The first-order valence-corrected chi connectivity index (χ1v) is 6.88. The normalized spacial score (nSPS) is 25.9. The van der Waals surface area contributed by atoms with Crippen LogP contribution in [0.25, 0.3) is 0 Å². The molecule has 0 aromatic heterocycles. The maximum Gasteiger partial charge on any atom is 0.240 e. The van der Waals surface area contributed by atoms with Crippen molar-refractivity contribution in [3.63, 3.8) is 0 Å². The molecular formula is C14H25N3O2. The lowest BCUT2D eigenvalue weighted by Gasteiger charge is -2.41. The van der Waals surface area contributed by atoms with Crippen LogP contribution in [0.4, 0.5) is 0 Å². The summed E-state index contributed by atoms with van der Waals surface area (Å²) < 4.78 is 5.72. The number of amides is 1. The summed E-state index contributed by atoms with van der Waals surface area (Å²) in [5.41, 5.74) is 0. The molecule has 1 saturated heterocycles. The molecule has 108 valence electrons. The number of nitrogens with zero attached hydrogens (tertiary/aromatic N) is 3. The van der Waals surface area contributed by atoms with Gasteiger partial charge in [-0.05, 0) is 19.8 Å². The molecule has 5 nitrogen and oxygen atoms in total. The average molecular weight is 267 g/mol. The third-order valence-corrected chi connectivity index (χ3v) is 3.41. The first-order valence-electron chi connectivity index (χ1n) is 6.88. The second-order valence-corrected chi connectivity index (χ2v) is 5.75. The molecule has 0 N–H and O–H groups in total. The number of likely N-dealkylation sites (N-methyl/N-ethyl adjacent to an activating group) is 1. The van der Waals surface area contributed by atoms with Gasteiger partial charge in [-0.2, -0.15) is 5.26 Å². The molecule has 0 bridgehead atoms. The largest absolute Gasteiger partial charge is 0.373 e. The molecule has 1 amide bonds. The second-order valence-electron chi connectivity index (χ2n) is 5.75. The fraction of sp³-hybridized carbons (Fsp3) is 0.857. The van der Waals surface area contributed by atoms with Gasteiger partial charge in [0.1, 0.15) is 6.54 Å². The SMILES string of the molecule is CC1CN(C(C(=O)N(C)CC#N)C(C)C)CC(C)O1. The molecule has 0 aromatic rings. The Balaban J connectivity index is 2.82. The zero-order valence-corrected chi connectivity index (χ0v) is 12.6. The lowest BCUT2D eigenvalue weighted by Crippen LogP contribution is -2.57. The number of carbonyl (C=O) groups excluding carboxylic acids is 1. The molecule has 0 spiro atoms. The van der Waals surface area contributed by atoms with Crippen LogP contribution in [-0.2, 0) is 9.53 Å². The van der Waals surface area contributed by atoms with Crippen LogP contribution in [0.1, 0.15) is 27.7 Å². The van der Waals surface area contributed by atoms with E-state index in [0.717, 1.165) is 13.1 Å². The summed E-state index contributed by atoms with van der Waals surface area (Å²) in [6.07, 6.45) is 0.276. The van der Waals surface area contributed by atoms with Crippen molar-refractivity contribution in [1.82, 2.24) is 9.80 Å². The predicted octanol–water partition coefficient (Wildman–Crippen LogP) is 1.10. The van der Waals surface area contributed by atoms with Crippen molar-refractivity contribution in [2.24, 2.45) is 5.92 Å². The minimum absolute atomic E-state index is 0.0258. The van der Waals surface area contributed by atoms with Gasteiger partial charge >= 0.3 is 0 Å². The Kier molecular flexibility index (Phi) is 5.77. The second kappa shape index (κ2) is 6.88. The highest BCUT2D eigenvalue weighted by atomic mass is 16.5. The maximum atomic E-state index is 12.5. The molecule has 1 aliphatic heterocycles. The standard InChI is InChI=1S/C14H25N3O2/c1-10(2)13(14(18)16(5)7-6-15)17-8-11(3)19-12(4)9-17/h10-13H,7-9H2,1-5H3. The van der Waals surface area contributed by atoms with E-state index in [-0.39, 0.29) is 36.6 Å². The predicted molar refractivity (Wildman–Crippen MR) is 73.5 cm³/mol. The van der Waals surface area contributed by atoms with Crippen molar-refractivity contribution in [3.05, 3.63) is 0 Å². The van der Waals surface area contributed by atoms with E-state index in [4.69, 9.17) is 10.00 Å². The van der Waals surface area contributed by atoms with Crippen molar-refractivity contribution in [2.45, 2.75) is 45.9 Å². The lowest BCUT2D eigenvalue weighted by atomic mass is 9.99. The van der Waals surface area contributed by atoms with E-state index in [0.29, 0.717) is 0 Å². The van der Waals surface area contributed by atoms with Gasteiger partial charge in [-0.3, -0.25) is 9.69 Å². The van der Waals surface area contributed by atoms with Gasteiger partial charge in [0.05, 0.1) is 24.3 Å². The van der Waals surface area contributed by atoms with Crippen molar-refractivity contribution in [1.29, 1.82) is 5.26 Å². The average Bonchev–Trinajstić information content (AvgIpc) is 2.27. The Morgan fingerprint density at radius 1 is 1.42 bits per heavy atom. The summed E-state index contributed by atoms with van der Waals surface area (Å²) in [5.74, 6) is 0.240. The van der Waals surface area contributed by atoms with Gasteiger partial charge in [0.15, 0.2) is 0 Å². The molecule has 0 aliphatic carbocycles. The third-order valence-electron chi connectivity index (χ3n) is 3.41. The van der Waals surface area contributed by atoms with Gasteiger partial charge in [0.25, 0.3) is 0 Å². The van der Waals surface area contributed by atoms with E-state index < -0.39 is 0 Å². The molecule has 1 fully saturated rings. The highest BCUT2D eigenvalue weighted by molar-refractivity contribution is 5.82. The van der Waals surface area contributed by atoms with Crippen molar-refractivity contribution in [2.75, 3.05) is 26.7 Å². The van der Waals surface area contributed by atoms with E-state index in [1.165, 1.54) is 4.90 Å². The van der Waals surface area contributed by atoms with Crippen LogP contribution in [-0.4, -0.2) is 60.6 Å². The van der Waals surface area contributed by atoms with Crippen LogP contribution in [0.5, 0.6) is 0 Å². The fourth-order valence-electron chi connectivity index (χ4n) is 2.72. The fourth-order valence-corrected chi connectivity index (χ4v) is 2.72. The van der Waals surface area contributed by atoms with Crippen LogP contribution >= 0.6 is 0 Å². The Hall–Kier alpha value is -1.12. The molecule has 3 unspecified atom stereocenters. The van der Waals surface area contributed by atoms with Crippen molar-refractivity contribution in [3.8, 4) is 6.07 Å². The number of nitriles is 1. The Morgan fingerprint density at radius 2 is 1.95 bits per heavy atom. The summed E-state index contributed by atoms with van der Waals surface area (Å²) >= 11 is 0. The van der Waals surface area contributed by atoms with Gasteiger partial charge in [-0.1, -0.05) is 13.8 Å². The first-order chi connectivity index (χ1) is 8.86. The first kappa shape index (κ1) is 15.9. The van der Waals surface area contributed by atoms with Crippen LogP contribution in [0.15, 0.2) is 0 Å². The van der Waals surface area contributed by atoms with Gasteiger partial charge in [-0.15, -0.1) is 0 Å². The molecule has 0 radical (unpaired) electrons. The summed E-state index contributed by atoms with van der Waals surface area (Å²) in [5, 5.41) is 8.72. The highest BCUT2D eigenvalue weighted by Crippen LogP contribution is 2.19. The summed E-state index contributed by atoms with van der Waals surface area (Å²) in [6.45, 7) is 9.82. The molecule has 3 atom stereocenters. The molecule has 1 aliphatic rings. The number of hydrogen-bond donors (Lipinski definition) is 0. The monoisotopic (exact) mass is 267 g/mol. The molecule has 0 aromatic carbocycles.